The Balaban J connectivity index is 1.74. The molecule has 4 rings (SSSR count). The minimum absolute atomic E-state index is 0.137. The van der Waals surface area contributed by atoms with Crippen molar-refractivity contribution in [3.63, 3.8) is 0 Å². The summed E-state index contributed by atoms with van der Waals surface area (Å²) >= 11 is 1.63. The molecule has 25 heavy (non-hydrogen) atoms. The van der Waals surface area contributed by atoms with Gasteiger partial charge in [0, 0.05) is 36.0 Å². The molecule has 0 aromatic carbocycles. The number of fused-ring (bicyclic) bond motifs is 1. The summed E-state index contributed by atoms with van der Waals surface area (Å²) in [4.78, 5) is 24.8. The Bertz CT molecular complexity index is 953. The molecule has 3 heterocycles. The van der Waals surface area contributed by atoms with Crippen LogP contribution in [0.4, 0.5) is 0 Å². The van der Waals surface area contributed by atoms with E-state index >= 15 is 0 Å². The summed E-state index contributed by atoms with van der Waals surface area (Å²) in [5, 5.41) is 1.15. The van der Waals surface area contributed by atoms with E-state index < -0.39 is 0 Å². The van der Waals surface area contributed by atoms with Gasteiger partial charge in [-0.05, 0) is 48.5 Å². The Morgan fingerprint density at radius 1 is 1.44 bits per heavy atom. The Kier molecular flexibility index (Phi) is 4.32. The van der Waals surface area contributed by atoms with Crippen molar-refractivity contribution >= 4 is 33.7 Å². The number of aromatic nitrogens is 3. The van der Waals surface area contributed by atoms with E-state index in [2.05, 4.69) is 33.7 Å². The van der Waals surface area contributed by atoms with E-state index in [1.807, 2.05) is 24.1 Å². The number of rotatable bonds is 5. The van der Waals surface area contributed by atoms with Gasteiger partial charge in [0.25, 0.3) is 0 Å². The molecule has 0 amide bonds. The summed E-state index contributed by atoms with van der Waals surface area (Å²) < 4.78 is 0. The molecule has 126 valence electrons. The van der Waals surface area contributed by atoms with E-state index in [1.54, 1.807) is 11.3 Å². The van der Waals surface area contributed by atoms with Crippen LogP contribution in [-0.4, -0.2) is 20.7 Å². The second-order valence-corrected chi connectivity index (χ2v) is 7.29. The second kappa shape index (κ2) is 6.76. The van der Waals surface area contributed by atoms with E-state index in [0.29, 0.717) is 12.3 Å². The molecule has 1 unspecified atom stereocenters. The normalized spacial score (nSPS) is 17.4. The van der Waals surface area contributed by atoms with E-state index in [4.69, 9.17) is 0 Å². The van der Waals surface area contributed by atoms with Gasteiger partial charge in [-0.25, -0.2) is 4.98 Å². The van der Waals surface area contributed by atoms with Gasteiger partial charge in [0.15, 0.2) is 5.78 Å². The van der Waals surface area contributed by atoms with Gasteiger partial charge in [0.2, 0.25) is 0 Å². The van der Waals surface area contributed by atoms with E-state index in [9.17, 15) is 4.79 Å². The van der Waals surface area contributed by atoms with Crippen molar-refractivity contribution in [3.05, 3.63) is 54.5 Å². The van der Waals surface area contributed by atoms with E-state index in [0.717, 1.165) is 40.7 Å². The Morgan fingerprint density at radius 2 is 2.36 bits per heavy atom. The number of pyridine rings is 1. The number of allylic oxidation sites excluding steroid dienone is 3. The SMILES string of the molecule is C=CC(=O)CC1CCC=C(c2ccnc3[nH]cc(-c4cncs4)c23)C1. The minimum atomic E-state index is 0.137. The number of nitrogens with zero attached hydrogens (tertiary/aromatic N) is 2. The highest BCUT2D eigenvalue weighted by molar-refractivity contribution is 7.13. The summed E-state index contributed by atoms with van der Waals surface area (Å²) in [6.45, 7) is 3.60. The smallest absolute Gasteiger partial charge is 0.155 e. The lowest BCUT2D eigenvalue weighted by molar-refractivity contribution is -0.115. The maximum atomic E-state index is 11.7. The molecule has 0 fully saturated rings. The first-order valence-electron chi connectivity index (χ1n) is 8.46. The molecule has 5 heteroatoms. The topological polar surface area (TPSA) is 58.6 Å². The molecule has 0 radical (unpaired) electrons. The lowest BCUT2D eigenvalue weighted by atomic mass is 9.82. The van der Waals surface area contributed by atoms with Crippen LogP contribution in [0.1, 0.15) is 31.2 Å². The number of H-pyrrole nitrogens is 1. The molecule has 1 aliphatic rings. The van der Waals surface area contributed by atoms with Gasteiger partial charge in [0.05, 0.1) is 10.4 Å². The zero-order valence-corrected chi connectivity index (χ0v) is 14.7. The van der Waals surface area contributed by atoms with Crippen LogP contribution in [0.2, 0.25) is 0 Å². The van der Waals surface area contributed by atoms with Crippen molar-refractivity contribution in [2.24, 2.45) is 5.92 Å². The van der Waals surface area contributed by atoms with Crippen LogP contribution in [0.15, 0.2) is 48.9 Å². The van der Waals surface area contributed by atoms with Crippen molar-refractivity contribution in [1.82, 2.24) is 15.0 Å². The number of ketones is 1. The highest BCUT2D eigenvalue weighted by Gasteiger charge is 2.21. The first-order valence-corrected chi connectivity index (χ1v) is 9.34. The number of nitrogens with one attached hydrogen (secondary N) is 1. The highest BCUT2D eigenvalue weighted by atomic mass is 32.1. The van der Waals surface area contributed by atoms with Gasteiger partial charge in [0.1, 0.15) is 5.65 Å². The van der Waals surface area contributed by atoms with Crippen LogP contribution >= 0.6 is 11.3 Å². The van der Waals surface area contributed by atoms with Gasteiger partial charge in [-0.15, -0.1) is 11.3 Å². The number of hydrogen-bond donors (Lipinski definition) is 1. The summed E-state index contributed by atoms with van der Waals surface area (Å²) in [6.07, 6.45) is 13.1. The Morgan fingerprint density at radius 3 is 3.16 bits per heavy atom. The molecule has 0 saturated heterocycles. The molecule has 0 saturated carbocycles. The molecule has 4 nitrogen and oxygen atoms in total. The quantitative estimate of drug-likeness (QED) is 0.658. The van der Waals surface area contributed by atoms with E-state index in [1.165, 1.54) is 17.2 Å². The maximum absolute atomic E-state index is 11.7. The first-order chi connectivity index (χ1) is 12.3. The fourth-order valence-corrected chi connectivity index (χ4v) is 4.26. The third-order valence-electron chi connectivity index (χ3n) is 4.81. The molecule has 3 aromatic heterocycles. The predicted molar refractivity (Wildman–Crippen MR) is 102 cm³/mol. The third kappa shape index (κ3) is 3.07. The molecule has 1 atom stereocenters. The lowest BCUT2D eigenvalue weighted by Gasteiger charge is -2.22. The standard InChI is InChI=1S/C20H19N3OS/c1-2-15(24)9-13-4-3-5-14(8-13)16-6-7-22-20-19(16)17(10-23-20)18-11-21-12-25-18/h2,5-7,10-13H,1,3-4,8-9H2,(H,22,23). The number of carbonyl (C=O) groups excluding carboxylic acids is 1. The van der Waals surface area contributed by atoms with Gasteiger partial charge in [-0.1, -0.05) is 12.7 Å². The summed E-state index contributed by atoms with van der Waals surface area (Å²) in [5.41, 5.74) is 6.41. The molecular weight excluding hydrogens is 330 g/mol. The van der Waals surface area contributed by atoms with Gasteiger partial charge in [-0.2, -0.15) is 0 Å². The van der Waals surface area contributed by atoms with Crippen molar-refractivity contribution < 1.29 is 4.79 Å². The van der Waals surface area contributed by atoms with Gasteiger partial charge in [-0.3, -0.25) is 9.78 Å². The van der Waals surface area contributed by atoms with Crippen LogP contribution in [0, 0.1) is 5.92 Å². The molecule has 0 bridgehead atoms. The number of hydrogen-bond acceptors (Lipinski definition) is 4. The molecule has 1 aliphatic carbocycles. The summed E-state index contributed by atoms with van der Waals surface area (Å²) in [7, 11) is 0. The van der Waals surface area contributed by atoms with Crippen LogP contribution in [-0.2, 0) is 4.79 Å². The fourth-order valence-electron chi connectivity index (χ4n) is 3.62. The third-order valence-corrected chi connectivity index (χ3v) is 5.62. The minimum Gasteiger partial charge on any atom is -0.345 e. The zero-order valence-electron chi connectivity index (χ0n) is 13.9. The molecule has 0 spiro atoms. The van der Waals surface area contributed by atoms with Crippen LogP contribution in [0.25, 0.3) is 27.0 Å². The molecule has 1 N–H and O–H groups in total. The zero-order chi connectivity index (χ0) is 17.2. The number of aromatic amines is 1. The summed E-state index contributed by atoms with van der Waals surface area (Å²) in [5.74, 6) is 0.526. The van der Waals surface area contributed by atoms with Crippen molar-refractivity contribution in [2.75, 3.05) is 0 Å². The lowest BCUT2D eigenvalue weighted by Crippen LogP contribution is -2.11. The van der Waals surface area contributed by atoms with Crippen LogP contribution < -0.4 is 0 Å². The van der Waals surface area contributed by atoms with E-state index in [-0.39, 0.29) is 5.78 Å². The largest absolute Gasteiger partial charge is 0.345 e. The molecule has 3 aromatic rings. The average Bonchev–Trinajstić information content (AvgIpc) is 3.30. The van der Waals surface area contributed by atoms with Crippen molar-refractivity contribution in [3.8, 4) is 10.4 Å². The predicted octanol–water partition coefficient (Wildman–Crippen LogP) is 5.02. The first kappa shape index (κ1) is 16.0. The Hall–Kier alpha value is -2.53. The highest BCUT2D eigenvalue weighted by Crippen LogP contribution is 2.39. The van der Waals surface area contributed by atoms with Gasteiger partial charge < -0.3 is 4.98 Å². The van der Waals surface area contributed by atoms with Crippen molar-refractivity contribution in [2.45, 2.75) is 25.7 Å². The van der Waals surface area contributed by atoms with Crippen LogP contribution in [0.3, 0.4) is 0 Å². The Labute approximate surface area is 150 Å². The summed E-state index contributed by atoms with van der Waals surface area (Å²) in [6, 6.07) is 2.09. The van der Waals surface area contributed by atoms with Crippen LogP contribution in [0.5, 0.6) is 0 Å². The maximum Gasteiger partial charge on any atom is 0.155 e. The van der Waals surface area contributed by atoms with Crippen molar-refractivity contribution in [1.29, 1.82) is 0 Å². The number of thiazole rings is 1. The van der Waals surface area contributed by atoms with Gasteiger partial charge >= 0.3 is 0 Å². The monoisotopic (exact) mass is 349 g/mol. The molecular formula is C20H19N3OS. The average molecular weight is 349 g/mol. The fraction of sp³-hybridized carbons (Fsp3) is 0.250. The molecule has 0 aliphatic heterocycles. The number of carbonyl (C=O) groups is 1. The second-order valence-electron chi connectivity index (χ2n) is 6.40.